The minimum Gasteiger partial charge on any atom is -0.381 e. The first kappa shape index (κ1) is 20.3. The molecule has 1 aliphatic rings. The van der Waals surface area contributed by atoms with Crippen molar-refractivity contribution >= 4 is 33.3 Å². The second kappa shape index (κ2) is 8.24. The zero-order chi connectivity index (χ0) is 23.1. The highest BCUT2D eigenvalue weighted by molar-refractivity contribution is 6.11. The molecule has 1 aliphatic heterocycles. The van der Waals surface area contributed by atoms with Gasteiger partial charge in [-0.25, -0.2) is 5.10 Å². The first-order valence-corrected chi connectivity index (χ1v) is 11.1. The number of aromatic nitrogens is 4. The Balaban J connectivity index is 1.30. The Bertz CT molecular complexity index is 1580. The minimum absolute atomic E-state index is 0.214. The van der Waals surface area contributed by atoms with Crippen LogP contribution in [0.4, 0.5) is 5.69 Å². The predicted octanol–water partition coefficient (Wildman–Crippen LogP) is 3.84. The molecular formula is C26H21N5O3. The van der Waals surface area contributed by atoms with Gasteiger partial charge in [-0.1, -0.05) is 48.5 Å². The topological polar surface area (TPSA) is 102 Å². The van der Waals surface area contributed by atoms with E-state index in [4.69, 9.17) is 4.74 Å². The molecule has 1 fully saturated rings. The fraction of sp³-hybridized carbons (Fsp3) is 0.154. The van der Waals surface area contributed by atoms with E-state index in [9.17, 15) is 9.59 Å². The standard InChI is InChI=1S/C26H21N5O3/c32-25-20-6-2-1-5-19(20)23(28-29-25)17-9-11-18(12-10-17)27-26(33)24-21-7-3-4-8-22(21)30-31(24)13-16-14-34-15-16/h1-12,16H,13-15H2,(H,27,33)(H,29,32). The summed E-state index contributed by atoms with van der Waals surface area (Å²) in [4.78, 5) is 25.4. The number of nitrogens with zero attached hydrogens (tertiary/aromatic N) is 3. The zero-order valence-corrected chi connectivity index (χ0v) is 18.2. The van der Waals surface area contributed by atoms with Crippen molar-refractivity contribution in [2.45, 2.75) is 6.54 Å². The average Bonchev–Trinajstić information content (AvgIpc) is 3.21. The average molecular weight is 451 g/mol. The van der Waals surface area contributed by atoms with Crippen LogP contribution in [0.2, 0.25) is 0 Å². The Kier molecular flexibility index (Phi) is 4.92. The molecule has 8 heteroatoms. The van der Waals surface area contributed by atoms with E-state index in [1.807, 2.05) is 66.7 Å². The third kappa shape index (κ3) is 3.54. The lowest BCUT2D eigenvalue weighted by Gasteiger charge is -2.26. The Hall–Kier alpha value is -4.30. The molecule has 1 saturated heterocycles. The number of ether oxygens (including phenoxy) is 1. The number of hydrogen-bond donors (Lipinski definition) is 2. The lowest BCUT2D eigenvalue weighted by molar-refractivity contribution is -0.0409. The minimum atomic E-state index is -0.222. The summed E-state index contributed by atoms with van der Waals surface area (Å²) in [5.41, 5.74) is 3.29. The normalized spacial score (nSPS) is 13.8. The molecule has 0 bridgehead atoms. The van der Waals surface area contributed by atoms with Gasteiger partial charge in [-0.3, -0.25) is 14.3 Å². The van der Waals surface area contributed by atoms with Crippen LogP contribution in [-0.2, 0) is 11.3 Å². The third-order valence-corrected chi connectivity index (χ3v) is 6.11. The molecular weight excluding hydrogens is 430 g/mol. The van der Waals surface area contributed by atoms with Gasteiger partial charge >= 0.3 is 0 Å². The Morgan fingerprint density at radius 2 is 1.68 bits per heavy atom. The smallest absolute Gasteiger partial charge is 0.274 e. The van der Waals surface area contributed by atoms with Gasteiger partial charge in [0, 0.05) is 34.5 Å². The molecule has 2 N–H and O–H groups in total. The quantitative estimate of drug-likeness (QED) is 0.423. The first-order valence-electron chi connectivity index (χ1n) is 11.1. The fourth-order valence-electron chi connectivity index (χ4n) is 4.32. The molecule has 0 saturated carbocycles. The number of hydrogen-bond acceptors (Lipinski definition) is 5. The molecule has 34 heavy (non-hydrogen) atoms. The van der Waals surface area contributed by atoms with Gasteiger partial charge < -0.3 is 10.1 Å². The summed E-state index contributed by atoms with van der Waals surface area (Å²) in [6, 6.07) is 22.4. The van der Waals surface area contributed by atoms with Crippen LogP contribution < -0.4 is 10.9 Å². The number of amides is 1. The van der Waals surface area contributed by atoms with E-state index >= 15 is 0 Å². The van der Waals surface area contributed by atoms with Crippen molar-refractivity contribution in [3.05, 3.63) is 88.8 Å². The zero-order valence-electron chi connectivity index (χ0n) is 18.2. The highest BCUT2D eigenvalue weighted by atomic mass is 16.5. The number of aromatic amines is 1. The maximum Gasteiger partial charge on any atom is 0.274 e. The van der Waals surface area contributed by atoms with E-state index in [2.05, 4.69) is 20.6 Å². The van der Waals surface area contributed by atoms with Crippen molar-refractivity contribution in [2.75, 3.05) is 18.5 Å². The number of rotatable bonds is 5. The van der Waals surface area contributed by atoms with Crippen LogP contribution in [-0.4, -0.2) is 39.1 Å². The van der Waals surface area contributed by atoms with Crippen LogP contribution >= 0.6 is 0 Å². The van der Waals surface area contributed by atoms with Crippen molar-refractivity contribution in [2.24, 2.45) is 5.92 Å². The molecule has 0 atom stereocenters. The second-order valence-corrected chi connectivity index (χ2v) is 8.43. The van der Waals surface area contributed by atoms with Crippen molar-refractivity contribution in [1.29, 1.82) is 0 Å². The van der Waals surface area contributed by atoms with Gasteiger partial charge in [0.2, 0.25) is 0 Å². The van der Waals surface area contributed by atoms with E-state index in [1.54, 1.807) is 10.7 Å². The number of H-pyrrole nitrogens is 1. The van der Waals surface area contributed by atoms with Gasteiger partial charge in [0.15, 0.2) is 0 Å². The highest BCUT2D eigenvalue weighted by Gasteiger charge is 2.24. The van der Waals surface area contributed by atoms with Gasteiger partial charge in [-0.15, -0.1) is 0 Å². The number of carbonyl (C=O) groups is 1. The van der Waals surface area contributed by atoms with Gasteiger partial charge in [0.05, 0.1) is 29.8 Å². The fourth-order valence-corrected chi connectivity index (χ4v) is 4.32. The van der Waals surface area contributed by atoms with Crippen molar-refractivity contribution in [1.82, 2.24) is 20.0 Å². The highest BCUT2D eigenvalue weighted by Crippen LogP contribution is 2.26. The summed E-state index contributed by atoms with van der Waals surface area (Å²) in [5, 5.41) is 16.6. The summed E-state index contributed by atoms with van der Waals surface area (Å²) < 4.78 is 7.08. The van der Waals surface area contributed by atoms with Crippen molar-refractivity contribution in [3.8, 4) is 11.3 Å². The van der Waals surface area contributed by atoms with Gasteiger partial charge in [0.1, 0.15) is 5.69 Å². The molecule has 0 radical (unpaired) electrons. The molecule has 3 aromatic carbocycles. The SMILES string of the molecule is O=C(Nc1ccc(-c2n[nH]c(=O)c3ccccc23)cc1)c1c2ccccc2nn1CC1COC1. The Morgan fingerprint density at radius 3 is 2.41 bits per heavy atom. The monoisotopic (exact) mass is 451 g/mol. The number of anilines is 1. The molecule has 1 amide bonds. The molecule has 8 nitrogen and oxygen atoms in total. The van der Waals surface area contributed by atoms with Gasteiger partial charge in [-0.05, 0) is 24.3 Å². The van der Waals surface area contributed by atoms with Crippen LogP contribution in [0.3, 0.4) is 0 Å². The van der Waals surface area contributed by atoms with Crippen LogP contribution in [0.15, 0.2) is 77.6 Å². The predicted molar refractivity (Wildman–Crippen MR) is 130 cm³/mol. The lowest BCUT2D eigenvalue weighted by Crippen LogP contribution is -2.33. The molecule has 0 aliphatic carbocycles. The molecule has 3 heterocycles. The van der Waals surface area contributed by atoms with Gasteiger partial charge in [-0.2, -0.15) is 10.2 Å². The van der Waals surface area contributed by atoms with Crippen LogP contribution in [0, 0.1) is 5.92 Å². The molecule has 5 aromatic rings. The van der Waals surface area contributed by atoms with Crippen molar-refractivity contribution in [3.63, 3.8) is 0 Å². The van der Waals surface area contributed by atoms with Crippen LogP contribution in [0.1, 0.15) is 10.5 Å². The molecule has 168 valence electrons. The lowest BCUT2D eigenvalue weighted by atomic mass is 10.0. The summed E-state index contributed by atoms with van der Waals surface area (Å²) >= 11 is 0. The maximum atomic E-state index is 13.3. The van der Waals surface area contributed by atoms with Gasteiger partial charge in [0.25, 0.3) is 11.5 Å². The summed E-state index contributed by atoms with van der Waals surface area (Å²) in [7, 11) is 0. The van der Waals surface area contributed by atoms with E-state index in [0.717, 1.165) is 21.9 Å². The first-order chi connectivity index (χ1) is 16.7. The molecule has 0 unspecified atom stereocenters. The summed E-state index contributed by atoms with van der Waals surface area (Å²) in [5.74, 6) is 0.147. The Morgan fingerprint density at radius 1 is 0.971 bits per heavy atom. The van der Waals surface area contributed by atoms with Crippen molar-refractivity contribution < 1.29 is 9.53 Å². The Labute approximate surface area is 194 Å². The molecule has 6 rings (SSSR count). The van der Waals surface area contributed by atoms with E-state index in [1.165, 1.54) is 0 Å². The summed E-state index contributed by atoms with van der Waals surface area (Å²) in [6.07, 6.45) is 0. The number of carbonyl (C=O) groups excluding carboxylic acids is 1. The molecule has 2 aromatic heterocycles. The summed E-state index contributed by atoms with van der Waals surface area (Å²) in [6.45, 7) is 2.01. The third-order valence-electron chi connectivity index (χ3n) is 6.11. The number of nitrogens with one attached hydrogen (secondary N) is 2. The van der Waals surface area contributed by atoms with E-state index in [-0.39, 0.29) is 11.5 Å². The number of benzene rings is 3. The second-order valence-electron chi connectivity index (χ2n) is 8.43. The largest absolute Gasteiger partial charge is 0.381 e. The van der Waals surface area contributed by atoms with Crippen LogP contribution in [0.25, 0.3) is 32.9 Å². The van der Waals surface area contributed by atoms with Crippen LogP contribution in [0.5, 0.6) is 0 Å². The maximum absolute atomic E-state index is 13.3. The number of fused-ring (bicyclic) bond motifs is 2. The van der Waals surface area contributed by atoms with E-state index in [0.29, 0.717) is 48.1 Å². The molecule has 0 spiro atoms. The van der Waals surface area contributed by atoms with E-state index < -0.39 is 0 Å².